The van der Waals surface area contributed by atoms with E-state index in [0.29, 0.717) is 46.7 Å². The second-order valence-corrected chi connectivity index (χ2v) is 6.11. The SMILES string of the molecule is Cc1c(-c2ccccc2)oc2c(C(=O)NCCCCl)cccc2c1=O. The van der Waals surface area contributed by atoms with Crippen LogP contribution < -0.4 is 10.7 Å². The molecule has 0 atom stereocenters. The highest BCUT2D eigenvalue weighted by Crippen LogP contribution is 2.27. The van der Waals surface area contributed by atoms with E-state index in [4.69, 9.17) is 16.0 Å². The smallest absolute Gasteiger partial charge is 0.255 e. The van der Waals surface area contributed by atoms with Crippen molar-refractivity contribution in [2.75, 3.05) is 12.4 Å². The van der Waals surface area contributed by atoms with E-state index in [9.17, 15) is 9.59 Å². The molecular weight excluding hydrogens is 338 g/mol. The Kier molecular flexibility index (Phi) is 5.19. The first-order chi connectivity index (χ1) is 12.1. The van der Waals surface area contributed by atoms with Gasteiger partial charge >= 0.3 is 0 Å². The van der Waals surface area contributed by atoms with E-state index >= 15 is 0 Å². The maximum absolute atomic E-state index is 12.7. The number of nitrogens with one attached hydrogen (secondary N) is 1. The number of amides is 1. The van der Waals surface area contributed by atoms with Crippen LogP contribution in [0.25, 0.3) is 22.3 Å². The van der Waals surface area contributed by atoms with E-state index in [1.807, 2.05) is 30.3 Å². The van der Waals surface area contributed by atoms with Gasteiger partial charge in [0.25, 0.3) is 5.91 Å². The highest BCUT2D eigenvalue weighted by Gasteiger charge is 2.18. The number of carbonyl (C=O) groups excluding carboxylic acids is 1. The summed E-state index contributed by atoms with van der Waals surface area (Å²) in [6.07, 6.45) is 0.677. The fourth-order valence-corrected chi connectivity index (χ4v) is 2.85. The quantitative estimate of drug-likeness (QED) is 0.553. The van der Waals surface area contributed by atoms with Crippen molar-refractivity contribution in [3.63, 3.8) is 0 Å². The third kappa shape index (κ3) is 3.44. The van der Waals surface area contributed by atoms with Gasteiger partial charge in [-0.15, -0.1) is 11.6 Å². The fraction of sp³-hybridized carbons (Fsp3) is 0.200. The van der Waals surface area contributed by atoms with Crippen LogP contribution >= 0.6 is 11.6 Å². The molecule has 0 unspecified atom stereocenters. The van der Waals surface area contributed by atoms with Crippen LogP contribution in [0.1, 0.15) is 22.3 Å². The second kappa shape index (κ2) is 7.53. The van der Waals surface area contributed by atoms with E-state index in [1.54, 1.807) is 25.1 Å². The third-order valence-electron chi connectivity index (χ3n) is 4.02. The number of hydrogen-bond acceptors (Lipinski definition) is 3. The van der Waals surface area contributed by atoms with Crippen molar-refractivity contribution < 1.29 is 9.21 Å². The Labute approximate surface area is 150 Å². The molecule has 3 rings (SSSR count). The fourth-order valence-electron chi connectivity index (χ4n) is 2.72. The van der Waals surface area contributed by atoms with Gasteiger partial charge in [0.15, 0.2) is 11.0 Å². The number of rotatable bonds is 5. The van der Waals surface area contributed by atoms with E-state index in [-0.39, 0.29) is 11.3 Å². The molecular formula is C20H18ClNO3. The van der Waals surface area contributed by atoms with Crippen molar-refractivity contribution in [3.05, 3.63) is 69.9 Å². The molecule has 1 aromatic heterocycles. The summed E-state index contributed by atoms with van der Waals surface area (Å²) in [4.78, 5) is 25.2. The molecule has 0 saturated heterocycles. The van der Waals surface area contributed by atoms with E-state index in [2.05, 4.69) is 5.32 Å². The molecule has 0 fully saturated rings. The first-order valence-electron chi connectivity index (χ1n) is 8.09. The monoisotopic (exact) mass is 355 g/mol. The zero-order chi connectivity index (χ0) is 17.8. The molecule has 2 aromatic carbocycles. The number of carbonyl (C=O) groups is 1. The van der Waals surface area contributed by atoms with Crippen molar-refractivity contribution >= 4 is 28.5 Å². The minimum atomic E-state index is -0.276. The summed E-state index contributed by atoms with van der Waals surface area (Å²) in [6, 6.07) is 14.4. The van der Waals surface area contributed by atoms with E-state index in [0.717, 1.165) is 5.56 Å². The normalized spacial score (nSPS) is 10.8. The highest BCUT2D eigenvalue weighted by molar-refractivity contribution is 6.17. The lowest BCUT2D eigenvalue weighted by Crippen LogP contribution is -2.25. The molecule has 0 saturated carbocycles. The van der Waals surface area contributed by atoms with Crippen molar-refractivity contribution in [3.8, 4) is 11.3 Å². The minimum Gasteiger partial charge on any atom is -0.455 e. The largest absolute Gasteiger partial charge is 0.455 e. The summed E-state index contributed by atoms with van der Waals surface area (Å²) in [7, 11) is 0. The minimum absolute atomic E-state index is 0.129. The number of benzene rings is 2. The summed E-state index contributed by atoms with van der Waals surface area (Å²) in [5.41, 5.74) is 1.85. The van der Waals surface area contributed by atoms with Gasteiger partial charge in [0, 0.05) is 23.6 Å². The topological polar surface area (TPSA) is 59.3 Å². The Morgan fingerprint density at radius 2 is 1.88 bits per heavy atom. The predicted octanol–water partition coefficient (Wildman–Crippen LogP) is 4.13. The molecule has 0 aliphatic heterocycles. The van der Waals surface area contributed by atoms with Crippen molar-refractivity contribution in [2.24, 2.45) is 0 Å². The van der Waals surface area contributed by atoms with Crippen LogP contribution in [0.4, 0.5) is 0 Å². The number of hydrogen-bond donors (Lipinski definition) is 1. The Morgan fingerprint density at radius 1 is 1.12 bits per heavy atom. The molecule has 0 bridgehead atoms. The van der Waals surface area contributed by atoms with Crippen LogP contribution in [0.3, 0.4) is 0 Å². The summed E-state index contributed by atoms with van der Waals surface area (Å²) >= 11 is 5.64. The van der Waals surface area contributed by atoms with E-state index in [1.165, 1.54) is 0 Å². The average molecular weight is 356 g/mol. The first kappa shape index (κ1) is 17.2. The number of halogens is 1. The number of para-hydroxylation sites is 1. The first-order valence-corrected chi connectivity index (χ1v) is 8.63. The lowest BCUT2D eigenvalue weighted by Gasteiger charge is -2.10. The van der Waals surface area contributed by atoms with Gasteiger partial charge in [-0.05, 0) is 25.5 Å². The Bertz CT molecular complexity index is 964. The van der Waals surface area contributed by atoms with E-state index < -0.39 is 0 Å². The van der Waals surface area contributed by atoms with Gasteiger partial charge in [-0.25, -0.2) is 0 Å². The summed E-state index contributed by atoms with van der Waals surface area (Å²) in [5, 5.41) is 3.20. The molecule has 0 spiro atoms. The Balaban J connectivity index is 2.16. The second-order valence-electron chi connectivity index (χ2n) is 5.73. The van der Waals surface area contributed by atoms with Gasteiger partial charge in [-0.3, -0.25) is 9.59 Å². The molecule has 3 aromatic rings. The van der Waals surface area contributed by atoms with Crippen LogP contribution in [-0.4, -0.2) is 18.3 Å². The Hall–Kier alpha value is -2.59. The molecule has 5 heteroatoms. The molecule has 0 aliphatic rings. The predicted molar refractivity (Wildman–Crippen MR) is 100 cm³/mol. The lowest BCUT2D eigenvalue weighted by molar-refractivity contribution is 0.0954. The summed E-state index contributed by atoms with van der Waals surface area (Å²) < 4.78 is 6.03. The molecule has 0 radical (unpaired) electrons. The third-order valence-corrected chi connectivity index (χ3v) is 4.29. The summed E-state index contributed by atoms with van der Waals surface area (Å²) in [5.74, 6) is 0.684. The van der Waals surface area contributed by atoms with Gasteiger partial charge in [-0.1, -0.05) is 36.4 Å². The lowest BCUT2D eigenvalue weighted by atomic mass is 10.0. The molecule has 25 heavy (non-hydrogen) atoms. The molecule has 1 amide bonds. The van der Waals surface area contributed by atoms with Crippen LogP contribution in [0.2, 0.25) is 0 Å². The van der Waals surface area contributed by atoms with Crippen LogP contribution in [0.15, 0.2) is 57.7 Å². The van der Waals surface area contributed by atoms with Gasteiger partial charge in [0.2, 0.25) is 0 Å². The van der Waals surface area contributed by atoms with Crippen LogP contribution in [0.5, 0.6) is 0 Å². The standard InChI is InChI=1S/C20H18ClNO3/c1-13-17(23)15-9-5-10-16(20(24)22-12-6-11-21)19(15)25-18(13)14-7-3-2-4-8-14/h2-5,7-10H,6,11-12H2,1H3,(H,22,24). The molecule has 4 nitrogen and oxygen atoms in total. The molecule has 1 N–H and O–H groups in total. The van der Waals surface area contributed by atoms with Gasteiger partial charge in [0.1, 0.15) is 5.76 Å². The number of fused-ring (bicyclic) bond motifs is 1. The zero-order valence-corrected chi connectivity index (χ0v) is 14.6. The molecule has 0 aliphatic carbocycles. The van der Waals surface area contributed by atoms with Crippen LogP contribution in [0, 0.1) is 6.92 Å². The van der Waals surface area contributed by atoms with Crippen molar-refractivity contribution in [2.45, 2.75) is 13.3 Å². The number of alkyl halides is 1. The average Bonchev–Trinajstić information content (AvgIpc) is 2.65. The maximum Gasteiger partial charge on any atom is 0.255 e. The van der Waals surface area contributed by atoms with Crippen molar-refractivity contribution in [1.29, 1.82) is 0 Å². The van der Waals surface area contributed by atoms with Gasteiger partial charge in [0.05, 0.1) is 10.9 Å². The summed E-state index contributed by atoms with van der Waals surface area (Å²) in [6.45, 7) is 2.21. The zero-order valence-electron chi connectivity index (χ0n) is 13.8. The molecule has 1 heterocycles. The van der Waals surface area contributed by atoms with Crippen LogP contribution in [-0.2, 0) is 0 Å². The molecule has 128 valence electrons. The maximum atomic E-state index is 12.7. The Morgan fingerprint density at radius 3 is 2.60 bits per heavy atom. The van der Waals surface area contributed by atoms with Gasteiger partial charge in [-0.2, -0.15) is 0 Å². The highest BCUT2D eigenvalue weighted by atomic mass is 35.5. The van der Waals surface area contributed by atoms with Gasteiger partial charge < -0.3 is 9.73 Å². The van der Waals surface area contributed by atoms with Crippen molar-refractivity contribution in [1.82, 2.24) is 5.32 Å².